The van der Waals surface area contributed by atoms with E-state index in [-0.39, 0.29) is 24.6 Å². The van der Waals surface area contributed by atoms with Crippen LogP contribution < -0.4 is 5.32 Å². The van der Waals surface area contributed by atoms with Gasteiger partial charge in [0.15, 0.2) is 29.6 Å². The highest BCUT2D eigenvalue weighted by Crippen LogP contribution is 2.43. The van der Waals surface area contributed by atoms with Crippen LogP contribution >= 0.6 is 11.8 Å². The Morgan fingerprint density at radius 1 is 0.787 bits per heavy atom. The summed E-state index contributed by atoms with van der Waals surface area (Å²) in [4.78, 5) is 24.7. The molecule has 0 radical (unpaired) electrons. The molecule has 0 bridgehead atoms. The van der Waals surface area contributed by atoms with E-state index in [0.717, 1.165) is 11.1 Å². The summed E-state index contributed by atoms with van der Waals surface area (Å²) in [6.45, 7) is 1.55. The third kappa shape index (κ3) is 7.33. The Morgan fingerprint density at radius 3 is 1.98 bits per heavy atom. The van der Waals surface area contributed by atoms with Crippen LogP contribution in [0, 0.1) is 35.0 Å². The van der Waals surface area contributed by atoms with Gasteiger partial charge in [-0.2, -0.15) is 0 Å². The number of carbonyl (C=O) groups is 2. The van der Waals surface area contributed by atoms with Gasteiger partial charge < -0.3 is 25.0 Å². The van der Waals surface area contributed by atoms with Gasteiger partial charge in [0.05, 0.1) is 24.4 Å². The normalized spacial score (nSPS) is 19.4. The Balaban J connectivity index is 1.33. The van der Waals surface area contributed by atoms with Crippen molar-refractivity contribution >= 4 is 23.6 Å². The van der Waals surface area contributed by atoms with E-state index >= 15 is 0 Å². The van der Waals surface area contributed by atoms with Crippen LogP contribution in [-0.2, 0) is 22.6 Å². The molecule has 246 valence electrons. The SMILES string of the molecule is CC1C(CSc2ccccc2C(=O)O)OC(c2ccc(CNC(=O)c3c(F)c(F)c(F)c(F)c3F)cc2)OC1c1ccc(CO)cc1. The number of hydrogen-bond acceptors (Lipinski definition) is 6. The molecule has 0 aliphatic carbocycles. The van der Waals surface area contributed by atoms with Gasteiger partial charge in [0, 0.05) is 28.7 Å². The summed E-state index contributed by atoms with van der Waals surface area (Å²) in [7, 11) is 0. The molecule has 47 heavy (non-hydrogen) atoms. The number of benzene rings is 4. The number of ether oxygens (including phenoxy) is 2. The third-order valence-corrected chi connectivity index (χ3v) is 8.95. The fourth-order valence-corrected chi connectivity index (χ4v) is 6.33. The van der Waals surface area contributed by atoms with Crippen LogP contribution in [0.25, 0.3) is 0 Å². The fourth-order valence-electron chi connectivity index (χ4n) is 5.12. The van der Waals surface area contributed by atoms with Crippen LogP contribution in [0.2, 0.25) is 0 Å². The average Bonchev–Trinajstić information content (AvgIpc) is 3.09. The predicted molar refractivity (Wildman–Crippen MR) is 161 cm³/mol. The van der Waals surface area contributed by atoms with Crippen LogP contribution in [0.1, 0.15) is 62.3 Å². The highest BCUT2D eigenvalue weighted by Gasteiger charge is 2.38. The molecule has 1 heterocycles. The number of carboxylic acids is 1. The zero-order valence-electron chi connectivity index (χ0n) is 24.7. The van der Waals surface area contributed by atoms with Crippen molar-refractivity contribution in [2.24, 2.45) is 5.92 Å². The predicted octanol–water partition coefficient (Wildman–Crippen LogP) is 7.09. The van der Waals surface area contributed by atoms with E-state index in [4.69, 9.17) is 9.47 Å². The summed E-state index contributed by atoms with van der Waals surface area (Å²) in [6, 6.07) is 20.4. The maximum absolute atomic E-state index is 14.0. The lowest BCUT2D eigenvalue weighted by Crippen LogP contribution is -2.38. The van der Waals surface area contributed by atoms with Gasteiger partial charge >= 0.3 is 5.97 Å². The van der Waals surface area contributed by atoms with E-state index in [2.05, 4.69) is 5.32 Å². The number of amides is 1. The molecule has 0 spiro atoms. The van der Waals surface area contributed by atoms with E-state index in [9.17, 15) is 41.8 Å². The Morgan fingerprint density at radius 2 is 1.36 bits per heavy atom. The van der Waals surface area contributed by atoms with Crippen LogP contribution in [0.3, 0.4) is 0 Å². The van der Waals surface area contributed by atoms with Gasteiger partial charge in [-0.25, -0.2) is 26.7 Å². The molecule has 13 heteroatoms. The van der Waals surface area contributed by atoms with Crippen molar-refractivity contribution in [3.8, 4) is 0 Å². The number of rotatable bonds is 10. The number of aromatic carboxylic acids is 1. The number of thioether (sulfide) groups is 1. The second kappa shape index (κ2) is 14.6. The first kappa shape index (κ1) is 34.0. The van der Waals surface area contributed by atoms with E-state index < -0.39 is 65.0 Å². The summed E-state index contributed by atoms with van der Waals surface area (Å²) < 4.78 is 81.3. The molecule has 4 atom stereocenters. The van der Waals surface area contributed by atoms with Gasteiger partial charge in [-0.3, -0.25) is 4.79 Å². The van der Waals surface area contributed by atoms with Gasteiger partial charge in [-0.1, -0.05) is 67.6 Å². The highest BCUT2D eigenvalue weighted by molar-refractivity contribution is 7.99. The molecule has 5 rings (SSSR count). The van der Waals surface area contributed by atoms with Crippen molar-refractivity contribution in [1.82, 2.24) is 5.32 Å². The number of halogens is 5. The molecule has 7 nitrogen and oxygen atoms in total. The van der Waals surface area contributed by atoms with Gasteiger partial charge in [-0.05, 0) is 28.8 Å². The second-order valence-electron chi connectivity index (χ2n) is 10.8. The lowest BCUT2D eigenvalue weighted by atomic mass is 9.91. The Kier molecular flexibility index (Phi) is 10.6. The van der Waals surface area contributed by atoms with Crippen LogP contribution in [-0.4, -0.2) is 33.9 Å². The summed E-state index contributed by atoms with van der Waals surface area (Å²) in [5, 5.41) is 21.2. The van der Waals surface area contributed by atoms with E-state index in [1.54, 1.807) is 54.6 Å². The van der Waals surface area contributed by atoms with Crippen molar-refractivity contribution in [2.75, 3.05) is 5.75 Å². The smallest absolute Gasteiger partial charge is 0.336 e. The first-order chi connectivity index (χ1) is 22.5. The zero-order valence-corrected chi connectivity index (χ0v) is 25.5. The van der Waals surface area contributed by atoms with Crippen molar-refractivity contribution in [2.45, 2.75) is 43.5 Å². The van der Waals surface area contributed by atoms with Crippen molar-refractivity contribution in [1.29, 1.82) is 0 Å². The number of aliphatic hydroxyl groups is 1. The van der Waals surface area contributed by atoms with Crippen LogP contribution in [0.15, 0.2) is 77.7 Å². The molecular weight excluding hydrogens is 645 g/mol. The first-order valence-electron chi connectivity index (χ1n) is 14.3. The standard InChI is InChI=1S/C34H28F5NO6S/c1-17-23(16-47-24-5-3-2-4-22(24)33(43)44)45-34(46-31(17)20-10-8-19(15-41)9-11-20)21-12-6-18(7-13-21)14-40-32(42)25-26(35)28(37)30(39)29(38)27(25)36/h2-13,17,23,31,34,41H,14-16H2,1H3,(H,40,42)(H,43,44). The minimum absolute atomic E-state index is 0.121. The van der Waals surface area contributed by atoms with E-state index in [0.29, 0.717) is 21.8 Å². The molecule has 4 unspecified atom stereocenters. The molecule has 0 saturated carbocycles. The average molecular weight is 674 g/mol. The summed E-state index contributed by atoms with van der Waals surface area (Å²) in [5.74, 6) is -13.5. The Labute approximate surface area is 270 Å². The minimum atomic E-state index is -2.36. The van der Waals surface area contributed by atoms with E-state index in [1.807, 2.05) is 19.1 Å². The molecular formula is C34H28F5NO6S. The molecule has 1 saturated heterocycles. The molecule has 1 fully saturated rings. The second-order valence-corrected chi connectivity index (χ2v) is 11.9. The summed E-state index contributed by atoms with van der Waals surface area (Å²) in [6.07, 6.45) is -1.71. The molecule has 4 aromatic carbocycles. The van der Waals surface area contributed by atoms with Gasteiger partial charge in [-0.15, -0.1) is 11.8 Å². The summed E-state index contributed by atoms with van der Waals surface area (Å²) >= 11 is 1.34. The third-order valence-electron chi connectivity index (χ3n) is 7.79. The lowest BCUT2D eigenvalue weighted by molar-refractivity contribution is -0.268. The van der Waals surface area contributed by atoms with Gasteiger partial charge in [0.2, 0.25) is 5.82 Å². The maximum atomic E-state index is 14.0. The van der Waals surface area contributed by atoms with Gasteiger partial charge in [0.25, 0.3) is 5.91 Å². The molecule has 1 amide bonds. The number of hydrogen-bond donors (Lipinski definition) is 3. The number of carboxylic acid groups (broad SMARTS) is 1. The number of nitrogens with one attached hydrogen (secondary N) is 1. The van der Waals surface area contributed by atoms with Crippen molar-refractivity contribution < 1.29 is 51.2 Å². The van der Waals surface area contributed by atoms with Crippen LogP contribution in [0.4, 0.5) is 22.0 Å². The molecule has 0 aromatic heterocycles. The Bertz CT molecular complexity index is 1740. The first-order valence-corrected chi connectivity index (χ1v) is 15.3. The summed E-state index contributed by atoms with van der Waals surface area (Å²) in [5.41, 5.74) is 1.20. The molecule has 4 aromatic rings. The molecule has 3 N–H and O–H groups in total. The van der Waals surface area contributed by atoms with Crippen molar-refractivity contribution in [3.05, 3.63) is 135 Å². The largest absolute Gasteiger partial charge is 0.478 e. The molecule has 1 aliphatic heterocycles. The Hall–Kier alpha value is -4.30. The highest BCUT2D eigenvalue weighted by atomic mass is 32.2. The van der Waals surface area contributed by atoms with Crippen molar-refractivity contribution in [3.63, 3.8) is 0 Å². The number of aliphatic hydroxyl groups excluding tert-OH is 1. The monoisotopic (exact) mass is 673 g/mol. The molecule has 1 aliphatic rings. The van der Waals surface area contributed by atoms with E-state index in [1.165, 1.54) is 17.8 Å². The quantitative estimate of drug-likeness (QED) is 0.0715. The maximum Gasteiger partial charge on any atom is 0.336 e. The number of carbonyl (C=O) groups excluding carboxylic acids is 1. The van der Waals surface area contributed by atoms with Crippen LogP contribution in [0.5, 0.6) is 0 Å². The lowest BCUT2D eigenvalue weighted by Gasteiger charge is -2.41. The topological polar surface area (TPSA) is 105 Å². The van der Waals surface area contributed by atoms with Gasteiger partial charge in [0.1, 0.15) is 5.56 Å². The zero-order chi connectivity index (χ0) is 33.8. The minimum Gasteiger partial charge on any atom is -0.478 e. The fraction of sp³-hybridized carbons (Fsp3) is 0.235.